The van der Waals surface area contributed by atoms with Crippen LogP contribution in [-0.2, 0) is 11.3 Å². The molecule has 0 radical (unpaired) electrons. The maximum atomic E-state index is 11.9. The molecule has 0 atom stereocenters. The number of nitrogens with zero attached hydrogens (tertiary/aromatic N) is 3. The summed E-state index contributed by atoms with van der Waals surface area (Å²) < 4.78 is 0. The van der Waals surface area contributed by atoms with Gasteiger partial charge in [0.05, 0.1) is 18.6 Å². The summed E-state index contributed by atoms with van der Waals surface area (Å²) in [6.07, 6.45) is 3.03. The van der Waals surface area contributed by atoms with Crippen LogP contribution in [0.3, 0.4) is 0 Å². The number of H-pyrrole nitrogens is 1. The number of thiophene rings is 1. The highest BCUT2D eigenvalue weighted by atomic mass is 32.2. The zero-order valence-electron chi connectivity index (χ0n) is 11.3. The van der Waals surface area contributed by atoms with Gasteiger partial charge < -0.3 is 10.3 Å². The fourth-order valence-corrected chi connectivity index (χ4v) is 3.43. The number of aromatic nitrogens is 4. The van der Waals surface area contributed by atoms with E-state index in [0.29, 0.717) is 17.9 Å². The molecule has 0 fully saturated rings. The van der Waals surface area contributed by atoms with E-state index in [4.69, 9.17) is 0 Å². The Morgan fingerprint density at radius 2 is 2.33 bits per heavy atom. The van der Waals surface area contributed by atoms with Crippen LogP contribution in [0.2, 0.25) is 0 Å². The minimum atomic E-state index is -0.0147. The molecule has 0 saturated carbocycles. The number of carbonyl (C=O) groups is 1. The molecule has 0 unspecified atom stereocenters. The summed E-state index contributed by atoms with van der Waals surface area (Å²) in [5.74, 6) is 0.300. The molecule has 0 aliphatic rings. The molecule has 6 nitrogen and oxygen atoms in total. The second kappa shape index (κ2) is 6.23. The molecule has 108 valence electrons. The minimum Gasteiger partial charge on any atom is -0.350 e. The number of rotatable bonds is 5. The summed E-state index contributed by atoms with van der Waals surface area (Å²) in [6.45, 7) is 2.62. The van der Waals surface area contributed by atoms with Gasteiger partial charge in [0.15, 0.2) is 5.65 Å². The third-order valence-electron chi connectivity index (χ3n) is 2.94. The Morgan fingerprint density at radius 3 is 3.14 bits per heavy atom. The van der Waals surface area contributed by atoms with Crippen molar-refractivity contribution in [1.82, 2.24) is 25.3 Å². The first-order valence-corrected chi connectivity index (χ1v) is 8.17. The fraction of sp³-hybridized carbons (Fsp3) is 0.231. The van der Waals surface area contributed by atoms with Gasteiger partial charge in [-0.25, -0.2) is 15.0 Å². The smallest absolute Gasteiger partial charge is 0.230 e. The Kier molecular flexibility index (Phi) is 4.16. The van der Waals surface area contributed by atoms with Gasteiger partial charge in [-0.2, -0.15) is 0 Å². The second-order valence-corrected chi connectivity index (χ2v) is 6.34. The maximum absolute atomic E-state index is 11.9. The van der Waals surface area contributed by atoms with Gasteiger partial charge in [0.1, 0.15) is 16.9 Å². The molecule has 8 heteroatoms. The summed E-state index contributed by atoms with van der Waals surface area (Å²) in [5, 5.41) is 5.68. The highest BCUT2D eigenvalue weighted by molar-refractivity contribution is 8.00. The van der Waals surface area contributed by atoms with Crippen LogP contribution in [0.1, 0.15) is 10.4 Å². The van der Waals surface area contributed by atoms with E-state index in [0.717, 1.165) is 10.5 Å². The van der Waals surface area contributed by atoms with E-state index in [1.54, 1.807) is 17.7 Å². The molecular weight excluding hydrogens is 306 g/mol. The average molecular weight is 319 g/mol. The van der Waals surface area contributed by atoms with Crippen LogP contribution in [0.25, 0.3) is 11.2 Å². The van der Waals surface area contributed by atoms with Crippen molar-refractivity contribution < 1.29 is 4.79 Å². The van der Waals surface area contributed by atoms with Crippen molar-refractivity contribution >= 4 is 40.2 Å². The lowest BCUT2D eigenvalue weighted by atomic mass is 10.3. The van der Waals surface area contributed by atoms with Gasteiger partial charge in [-0.15, -0.1) is 11.3 Å². The van der Waals surface area contributed by atoms with E-state index in [1.165, 1.54) is 28.5 Å². The molecular formula is C13H13N5OS2. The fourth-order valence-electron chi connectivity index (χ4n) is 1.80. The van der Waals surface area contributed by atoms with E-state index in [2.05, 4.69) is 31.3 Å². The van der Waals surface area contributed by atoms with Crippen molar-refractivity contribution in [3.05, 3.63) is 34.5 Å². The standard InChI is InChI=1S/C13H13N5OS2/c1-8-2-3-20-9(8)4-14-10(19)5-21-13-11-12(16-6-15-11)17-7-18-13/h2-3,6-7H,4-5H2,1H3,(H,14,19)(H,15,16,17,18). The lowest BCUT2D eigenvalue weighted by Crippen LogP contribution is -2.24. The zero-order valence-corrected chi connectivity index (χ0v) is 12.9. The zero-order chi connectivity index (χ0) is 14.7. The number of imidazole rings is 1. The monoisotopic (exact) mass is 319 g/mol. The Labute approximate surface area is 129 Å². The number of hydrogen-bond donors (Lipinski definition) is 2. The van der Waals surface area contributed by atoms with Crippen LogP contribution in [0.15, 0.2) is 29.1 Å². The molecule has 0 spiro atoms. The third-order valence-corrected chi connectivity index (χ3v) is 4.95. The number of fused-ring (bicyclic) bond motifs is 1. The van der Waals surface area contributed by atoms with Gasteiger partial charge >= 0.3 is 0 Å². The van der Waals surface area contributed by atoms with Gasteiger partial charge in [0, 0.05) is 4.88 Å². The van der Waals surface area contributed by atoms with Crippen molar-refractivity contribution in [2.24, 2.45) is 0 Å². The highest BCUT2D eigenvalue weighted by Crippen LogP contribution is 2.21. The van der Waals surface area contributed by atoms with Crippen molar-refractivity contribution in [2.45, 2.75) is 18.5 Å². The van der Waals surface area contributed by atoms with Crippen molar-refractivity contribution in [2.75, 3.05) is 5.75 Å². The number of thioether (sulfide) groups is 1. The molecule has 21 heavy (non-hydrogen) atoms. The van der Waals surface area contributed by atoms with Crippen LogP contribution < -0.4 is 5.32 Å². The predicted molar refractivity (Wildman–Crippen MR) is 83.3 cm³/mol. The summed E-state index contributed by atoms with van der Waals surface area (Å²) >= 11 is 3.03. The first-order valence-electron chi connectivity index (χ1n) is 6.30. The van der Waals surface area contributed by atoms with Gasteiger partial charge in [-0.3, -0.25) is 4.79 Å². The SMILES string of the molecule is Cc1ccsc1CNC(=O)CSc1ncnc2nc[nH]c12. The maximum Gasteiger partial charge on any atom is 0.230 e. The number of aromatic amines is 1. The normalized spacial score (nSPS) is 10.9. The molecule has 3 aromatic heterocycles. The first kappa shape index (κ1) is 14.0. The topological polar surface area (TPSA) is 83.6 Å². The van der Waals surface area contributed by atoms with Crippen LogP contribution >= 0.6 is 23.1 Å². The number of nitrogens with one attached hydrogen (secondary N) is 2. The minimum absolute atomic E-state index is 0.0147. The van der Waals surface area contributed by atoms with E-state index in [-0.39, 0.29) is 5.91 Å². The summed E-state index contributed by atoms with van der Waals surface area (Å²) in [4.78, 5) is 28.4. The Bertz CT molecular complexity index is 767. The van der Waals surface area contributed by atoms with Crippen LogP contribution in [0, 0.1) is 6.92 Å². The first-order chi connectivity index (χ1) is 10.2. The number of carbonyl (C=O) groups excluding carboxylic acids is 1. The van der Waals surface area contributed by atoms with Crippen molar-refractivity contribution in [3.8, 4) is 0 Å². The van der Waals surface area contributed by atoms with Gasteiger partial charge in [0.2, 0.25) is 5.91 Å². The number of hydrogen-bond acceptors (Lipinski definition) is 6. The van der Waals surface area contributed by atoms with Crippen LogP contribution in [-0.4, -0.2) is 31.6 Å². The molecule has 0 aliphatic heterocycles. The van der Waals surface area contributed by atoms with Gasteiger partial charge in [0.25, 0.3) is 0 Å². The molecule has 0 aromatic carbocycles. The van der Waals surface area contributed by atoms with Crippen LogP contribution in [0.4, 0.5) is 0 Å². The van der Waals surface area contributed by atoms with E-state index in [9.17, 15) is 4.79 Å². The molecule has 0 bridgehead atoms. The second-order valence-electron chi connectivity index (χ2n) is 4.37. The Balaban J connectivity index is 1.56. The Morgan fingerprint density at radius 1 is 1.43 bits per heavy atom. The molecule has 3 aromatic rings. The third kappa shape index (κ3) is 3.22. The van der Waals surface area contributed by atoms with E-state index in [1.807, 2.05) is 12.3 Å². The molecule has 1 amide bonds. The molecule has 3 heterocycles. The quantitative estimate of drug-likeness (QED) is 0.556. The van der Waals surface area contributed by atoms with E-state index < -0.39 is 0 Å². The molecule has 0 saturated heterocycles. The summed E-state index contributed by atoms with van der Waals surface area (Å²) in [7, 11) is 0. The Hall–Kier alpha value is -1.93. The van der Waals surface area contributed by atoms with Gasteiger partial charge in [-0.1, -0.05) is 11.8 Å². The van der Waals surface area contributed by atoms with E-state index >= 15 is 0 Å². The molecule has 3 rings (SSSR count). The predicted octanol–water partition coefficient (Wildman–Crippen LogP) is 2.13. The lowest BCUT2D eigenvalue weighted by molar-refractivity contribution is -0.118. The number of aryl methyl sites for hydroxylation is 1. The van der Waals surface area contributed by atoms with Gasteiger partial charge in [-0.05, 0) is 23.9 Å². The lowest BCUT2D eigenvalue weighted by Gasteiger charge is -2.04. The molecule has 2 N–H and O–H groups in total. The van der Waals surface area contributed by atoms with Crippen molar-refractivity contribution in [3.63, 3.8) is 0 Å². The largest absolute Gasteiger partial charge is 0.350 e. The van der Waals surface area contributed by atoms with Crippen molar-refractivity contribution in [1.29, 1.82) is 0 Å². The summed E-state index contributed by atoms with van der Waals surface area (Å²) in [5.41, 5.74) is 2.59. The van der Waals surface area contributed by atoms with Crippen LogP contribution in [0.5, 0.6) is 0 Å². The highest BCUT2D eigenvalue weighted by Gasteiger charge is 2.09. The average Bonchev–Trinajstić information content (AvgIpc) is 3.11. The molecule has 0 aliphatic carbocycles. The number of amides is 1. The summed E-state index contributed by atoms with van der Waals surface area (Å²) in [6, 6.07) is 2.05.